The van der Waals surface area contributed by atoms with E-state index in [-0.39, 0.29) is 12.3 Å². The van der Waals surface area contributed by atoms with Gasteiger partial charge < -0.3 is 9.73 Å². The topological polar surface area (TPSA) is 80.9 Å². The number of hydrogen-bond acceptors (Lipinski definition) is 6. The molecule has 0 aliphatic carbocycles. The first-order chi connectivity index (χ1) is 16.3. The summed E-state index contributed by atoms with van der Waals surface area (Å²) >= 11 is 1.39. The van der Waals surface area contributed by atoms with Crippen molar-refractivity contribution in [2.24, 2.45) is 0 Å². The van der Waals surface area contributed by atoms with Crippen molar-refractivity contribution in [2.75, 3.05) is 5.32 Å². The number of aromatic nitrogens is 3. The fourth-order valence-corrected chi connectivity index (χ4v) is 4.16. The van der Waals surface area contributed by atoms with E-state index in [1.807, 2.05) is 78.2 Å². The molecule has 1 amide bonds. The van der Waals surface area contributed by atoms with Gasteiger partial charge in [-0.2, -0.15) is 0 Å². The van der Waals surface area contributed by atoms with E-state index in [9.17, 15) is 4.79 Å². The molecule has 0 bridgehead atoms. The lowest BCUT2D eigenvalue weighted by molar-refractivity contribution is -0.116. The molecule has 0 radical (unpaired) electrons. The van der Waals surface area contributed by atoms with E-state index in [4.69, 9.17) is 9.40 Å². The first-order valence-electron chi connectivity index (χ1n) is 10.5. The summed E-state index contributed by atoms with van der Waals surface area (Å²) in [5.41, 5.74) is 4.40. The van der Waals surface area contributed by atoms with E-state index in [1.54, 1.807) is 12.4 Å². The number of oxazole rings is 1. The van der Waals surface area contributed by atoms with Crippen LogP contribution in [-0.4, -0.2) is 20.9 Å². The molecule has 0 aliphatic rings. The summed E-state index contributed by atoms with van der Waals surface area (Å²) in [6.45, 7) is 0. The Morgan fingerprint density at radius 1 is 0.879 bits per heavy atom. The second kappa shape index (κ2) is 9.58. The smallest absolute Gasteiger partial charge is 0.226 e. The molecular formula is C26H20N4O2S. The van der Waals surface area contributed by atoms with Crippen molar-refractivity contribution in [3.63, 3.8) is 0 Å². The average molecular weight is 453 g/mol. The second-order valence-corrected chi connectivity index (χ2v) is 8.20. The maximum absolute atomic E-state index is 12.5. The number of hydrogen-bond donors (Lipinski definition) is 1. The number of amides is 1. The molecule has 1 N–H and O–H groups in total. The number of benzene rings is 2. The summed E-state index contributed by atoms with van der Waals surface area (Å²) in [5, 5.41) is 5.32. The highest BCUT2D eigenvalue weighted by atomic mass is 32.1. The molecule has 0 atom stereocenters. The Bertz CT molecular complexity index is 1290. The highest BCUT2D eigenvalue weighted by Crippen LogP contribution is 2.33. The second-order valence-electron chi connectivity index (χ2n) is 7.35. The summed E-state index contributed by atoms with van der Waals surface area (Å²) in [7, 11) is 0. The standard InChI is InChI=1S/C26H20N4O2S/c31-22(29-26-28-21(17-33-26)20-12-7-15-27-16-20)13-14-23-30-24(18-8-3-1-4-9-18)25(32-23)19-10-5-2-6-11-19/h1-12,15-17H,13-14H2,(H,28,29,31). The summed E-state index contributed by atoms with van der Waals surface area (Å²) in [5.74, 6) is 1.10. The first kappa shape index (κ1) is 20.8. The summed E-state index contributed by atoms with van der Waals surface area (Å²) in [6.07, 6.45) is 4.09. The first-order valence-corrected chi connectivity index (χ1v) is 11.4. The molecule has 0 fully saturated rings. The molecule has 0 saturated carbocycles. The van der Waals surface area contributed by atoms with Gasteiger partial charge in [0.1, 0.15) is 5.69 Å². The number of rotatable bonds is 7. The summed E-state index contributed by atoms with van der Waals surface area (Å²) in [6, 6.07) is 23.6. The van der Waals surface area contributed by atoms with Gasteiger partial charge in [-0.1, -0.05) is 60.7 Å². The van der Waals surface area contributed by atoms with Crippen LogP contribution >= 0.6 is 11.3 Å². The number of nitrogens with zero attached hydrogens (tertiary/aromatic N) is 3. The number of thiazole rings is 1. The number of aryl methyl sites for hydroxylation is 1. The fourth-order valence-electron chi connectivity index (χ4n) is 3.43. The van der Waals surface area contributed by atoms with Crippen LogP contribution in [0.5, 0.6) is 0 Å². The van der Waals surface area contributed by atoms with Gasteiger partial charge in [0, 0.05) is 47.3 Å². The number of carbonyl (C=O) groups excluding carboxylic acids is 1. The van der Waals surface area contributed by atoms with E-state index in [1.165, 1.54) is 11.3 Å². The number of anilines is 1. The lowest BCUT2D eigenvalue weighted by Crippen LogP contribution is -2.12. The Labute approximate surface area is 195 Å². The molecule has 3 heterocycles. The maximum Gasteiger partial charge on any atom is 0.226 e. The minimum Gasteiger partial charge on any atom is -0.440 e. The Balaban J connectivity index is 1.29. The molecule has 2 aromatic carbocycles. The molecule has 6 nitrogen and oxygen atoms in total. The molecule has 5 aromatic rings. The van der Waals surface area contributed by atoms with E-state index in [0.29, 0.717) is 23.2 Å². The van der Waals surface area contributed by atoms with Crippen molar-refractivity contribution in [1.29, 1.82) is 0 Å². The van der Waals surface area contributed by atoms with Crippen molar-refractivity contribution in [1.82, 2.24) is 15.0 Å². The van der Waals surface area contributed by atoms with Gasteiger partial charge in [0.25, 0.3) is 0 Å². The van der Waals surface area contributed by atoms with Crippen LogP contribution in [-0.2, 0) is 11.2 Å². The molecule has 0 saturated heterocycles. The van der Waals surface area contributed by atoms with Crippen molar-refractivity contribution in [3.05, 3.63) is 96.5 Å². The Morgan fingerprint density at radius 2 is 1.61 bits per heavy atom. The van der Waals surface area contributed by atoms with E-state index in [0.717, 1.165) is 28.1 Å². The van der Waals surface area contributed by atoms with Crippen molar-refractivity contribution in [3.8, 4) is 33.8 Å². The fraction of sp³-hybridized carbons (Fsp3) is 0.0769. The van der Waals surface area contributed by atoms with Crippen LogP contribution in [0, 0.1) is 0 Å². The Hall–Kier alpha value is -4.10. The zero-order valence-corrected chi connectivity index (χ0v) is 18.5. The molecule has 0 unspecified atom stereocenters. The highest BCUT2D eigenvalue weighted by Gasteiger charge is 2.18. The largest absolute Gasteiger partial charge is 0.440 e. The normalized spacial score (nSPS) is 10.8. The number of carbonyl (C=O) groups is 1. The minimum absolute atomic E-state index is 0.136. The summed E-state index contributed by atoms with van der Waals surface area (Å²) < 4.78 is 6.11. The Morgan fingerprint density at radius 3 is 2.33 bits per heavy atom. The predicted octanol–water partition coefficient (Wildman–Crippen LogP) is 6.10. The quantitative estimate of drug-likeness (QED) is 0.323. The van der Waals surface area contributed by atoms with Crippen LogP contribution in [0.25, 0.3) is 33.8 Å². The molecule has 33 heavy (non-hydrogen) atoms. The molecular weight excluding hydrogens is 432 g/mol. The van der Waals surface area contributed by atoms with Crippen LogP contribution < -0.4 is 5.32 Å². The lowest BCUT2D eigenvalue weighted by atomic mass is 10.1. The van der Waals surface area contributed by atoms with E-state index < -0.39 is 0 Å². The number of pyridine rings is 1. The molecule has 7 heteroatoms. The van der Waals surface area contributed by atoms with Gasteiger partial charge in [-0.05, 0) is 12.1 Å². The zero-order chi connectivity index (χ0) is 22.5. The predicted molar refractivity (Wildman–Crippen MR) is 130 cm³/mol. The molecule has 162 valence electrons. The van der Waals surface area contributed by atoms with Crippen LogP contribution in [0.2, 0.25) is 0 Å². The van der Waals surface area contributed by atoms with E-state index >= 15 is 0 Å². The third-order valence-electron chi connectivity index (χ3n) is 5.03. The third-order valence-corrected chi connectivity index (χ3v) is 5.79. The average Bonchev–Trinajstić information content (AvgIpc) is 3.52. The Kier molecular flexibility index (Phi) is 6.04. The molecule has 5 rings (SSSR count). The molecule has 0 aliphatic heterocycles. The van der Waals surface area contributed by atoms with Crippen molar-refractivity contribution in [2.45, 2.75) is 12.8 Å². The van der Waals surface area contributed by atoms with Crippen molar-refractivity contribution >= 4 is 22.4 Å². The van der Waals surface area contributed by atoms with Gasteiger partial charge in [-0.3, -0.25) is 9.78 Å². The number of nitrogens with one attached hydrogen (secondary N) is 1. The molecule has 0 spiro atoms. The van der Waals surface area contributed by atoms with E-state index in [2.05, 4.69) is 15.3 Å². The monoisotopic (exact) mass is 452 g/mol. The maximum atomic E-state index is 12.5. The third kappa shape index (κ3) is 4.88. The highest BCUT2D eigenvalue weighted by molar-refractivity contribution is 7.14. The lowest BCUT2D eigenvalue weighted by Gasteiger charge is -2.01. The van der Waals surface area contributed by atoms with Gasteiger partial charge >= 0.3 is 0 Å². The van der Waals surface area contributed by atoms with Gasteiger partial charge in [0.2, 0.25) is 5.91 Å². The summed E-state index contributed by atoms with van der Waals surface area (Å²) in [4.78, 5) is 25.8. The van der Waals surface area contributed by atoms with Crippen LogP contribution in [0.3, 0.4) is 0 Å². The van der Waals surface area contributed by atoms with Crippen LogP contribution in [0.4, 0.5) is 5.13 Å². The van der Waals surface area contributed by atoms with Crippen LogP contribution in [0.15, 0.2) is 95.0 Å². The van der Waals surface area contributed by atoms with Crippen molar-refractivity contribution < 1.29 is 9.21 Å². The zero-order valence-electron chi connectivity index (χ0n) is 17.6. The van der Waals surface area contributed by atoms with Gasteiger partial charge in [-0.15, -0.1) is 11.3 Å². The minimum atomic E-state index is -0.136. The van der Waals surface area contributed by atoms with Crippen LogP contribution in [0.1, 0.15) is 12.3 Å². The van der Waals surface area contributed by atoms with Gasteiger partial charge in [0.05, 0.1) is 5.69 Å². The molecule has 3 aromatic heterocycles. The van der Waals surface area contributed by atoms with Gasteiger partial charge in [-0.25, -0.2) is 9.97 Å². The van der Waals surface area contributed by atoms with Gasteiger partial charge in [0.15, 0.2) is 16.8 Å². The SMILES string of the molecule is O=C(CCc1nc(-c2ccccc2)c(-c2ccccc2)o1)Nc1nc(-c2cccnc2)cs1.